The lowest BCUT2D eigenvalue weighted by molar-refractivity contribution is -0.167. The van der Waals surface area contributed by atoms with Crippen LogP contribution < -0.4 is 0 Å². The summed E-state index contributed by atoms with van der Waals surface area (Å²) in [5, 5.41) is 0. The molecule has 0 radical (unpaired) electrons. The second kappa shape index (κ2) is 59.7. The zero-order valence-electron chi connectivity index (χ0n) is 47.6. The van der Waals surface area contributed by atoms with Crippen molar-refractivity contribution in [2.24, 2.45) is 0 Å². The zero-order valence-corrected chi connectivity index (χ0v) is 47.6. The lowest BCUT2D eigenvalue weighted by atomic mass is 10.0. The minimum absolute atomic E-state index is 0.0638. The molecule has 0 heterocycles. The van der Waals surface area contributed by atoms with Crippen LogP contribution in [0.5, 0.6) is 0 Å². The molecule has 0 bridgehead atoms. The molecule has 0 rings (SSSR count). The Labute approximate surface area is 437 Å². The Kier molecular flexibility index (Phi) is 58.1. The first-order chi connectivity index (χ1) is 34.5. The first kappa shape index (κ1) is 68.2. The molecule has 70 heavy (non-hydrogen) atoms. The standard InChI is InChI=1S/C64H122O6/c1-4-7-10-13-16-18-20-22-24-26-28-29-30-31-32-33-34-35-36-38-39-41-43-45-48-51-54-57-63(66)69-60-61(59-68-62(65)56-53-50-47-15-12-9-6-3)70-64(67)58-55-52-49-46-44-42-40-37-27-25-23-21-19-17-14-11-8-5-2/h26,28,61H,4-25,27,29-60H2,1-3H3/b28-26-. The Morgan fingerprint density at radius 1 is 0.271 bits per heavy atom. The molecule has 0 saturated carbocycles. The average Bonchev–Trinajstić information content (AvgIpc) is 3.36. The maximum absolute atomic E-state index is 12.8. The molecule has 0 aromatic carbocycles. The van der Waals surface area contributed by atoms with Crippen molar-refractivity contribution in [2.75, 3.05) is 13.2 Å². The molecule has 0 aromatic heterocycles. The van der Waals surface area contributed by atoms with Gasteiger partial charge in [-0.25, -0.2) is 0 Å². The molecule has 0 amide bonds. The van der Waals surface area contributed by atoms with Crippen molar-refractivity contribution >= 4 is 17.9 Å². The Morgan fingerprint density at radius 2 is 0.471 bits per heavy atom. The minimum atomic E-state index is -0.762. The van der Waals surface area contributed by atoms with Crippen LogP contribution in [-0.4, -0.2) is 37.2 Å². The van der Waals surface area contributed by atoms with Gasteiger partial charge < -0.3 is 14.2 Å². The maximum Gasteiger partial charge on any atom is 0.306 e. The zero-order chi connectivity index (χ0) is 50.7. The maximum atomic E-state index is 12.8. The highest BCUT2D eigenvalue weighted by Gasteiger charge is 2.19. The largest absolute Gasteiger partial charge is 0.462 e. The predicted molar refractivity (Wildman–Crippen MR) is 303 cm³/mol. The number of allylic oxidation sites excluding steroid dienone is 2. The lowest BCUT2D eigenvalue weighted by Crippen LogP contribution is -2.30. The first-order valence-electron chi connectivity index (χ1n) is 31.7. The second-order valence-electron chi connectivity index (χ2n) is 21.7. The van der Waals surface area contributed by atoms with Crippen molar-refractivity contribution < 1.29 is 28.6 Å². The van der Waals surface area contributed by atoms with Crippen LogP contribution in [0, 0.1) is 0 Å². The van der Waals surface area contributed by atoms with Crippen molar-refractivity contribution in [3.63, 3.8) is 0 Å². The van der Waals surface area contributed by atoms with Crippen molar-refractivity contribution in [1.82, 2.24) is 0 Å². The van der Waals surface area contributed by atoms with Crippen molar-refractivity contribution in [1.29, 1.82) is 0 Å². The molecular weight excluding hydrogens is 865 g/mol. The van der Waals surface area contributed by atoms with Crippen LogP contribution in [0.4, 0.5) is 0 Å². The number of ether oxygens (including phenoxy) is 3. The van der Waals surface area contributed by atoms with Crippen molar-refractivity contribution in [2.45, 2.75) is 367 Å². The van der Waals surface area contributed by atoms with Crippen LogP contribution >= 0.6 is 0 Å². The predicted octanol–water partition coefficient (Wildman–Crippen LogP) is 21.3. The van der Waals surface area contributed by atoms with Gasteiger partial charge in [0.25, 0.3) is 0 Å². The molecule has 6 nitrogen and oxygen atoms in total. The van der Waals surface area contributed by atoms with Gasteiger partial charge >= 0.3 is 17.9 Å². The van der Waals surface area contributed by atoms with E-state index in [1.807, 2.05) is 0 Å². The second-order valence-corrected chi connectivity index (χ2v) is 21.7. The molecule has 0 N–H and O–H groups in total. The van der Waals surface area contributed by atoms with Gasteiger partial charge in [0.05, 0.1) is 0 Å². The van der Waals surface area contributed by atoms with Gasteiger partial charge in [-0.05, 0) is 44.9 Å². The third-order valence-electron chi connectivity index (χ3n) is 14.5. The summed E-state index contributed by atoms with van der Waals surface area (Å²) >= 11 is 0. The fraction of sp³-hybridized carbons (Fsp3) is 0.922. The molecule has 0 spiro atoms. The quantitative estimate of drug-likeness (QED) is 0.0261. The van der Waals surface area contributed by atoms with Crippen LogP contribution in [0.3, 0.4) is 0 Å². The Hall–Kier alpha value is -1.85. The molecule has 0 aliphatic heterocycles. The summed E-state index contributed by atoms with van der Waals surface area (Å²) in [6, 6.07) is 0. The summed E-state index contributed by atoms with van der Waals surface area (Å²) in [4.78, 5) is 38.0. The minimum Gasteiger partial charge on any atom is -0.462 e. The van der Waals surface area contributed by atoms with Crippen molar-refractivity contribution in [3.05, 3.63) is 12.2 Å². The van der Waals surface area contributed by atoms with E-state index in [0.29, 0.717) is 19.3 Å². The first-order valence-corrected chi connectivity index (χ1v) is 31.7. The number of rotatable bonds is 59. The monoisotopic (exact) mass is 987 g/mol. The topological polar surface area (TPSA) is 78.9 Å². The van der Waals surface area contributed by atoms with Gasteiger partial charge in [0.15, 0.2) is 6.10 Å². The van der Waals surface area contributed by atoms with E-state index in [-0.39, 0.29) is 31.1 Å². The van der Waals surface area contributed by atoms with E-state index in [4.69, 9.17) is 14.2 Å². The van der Waals surface area contributed by atoms with E-state index in [2.05, 4.69) is 32.9 Å². The Bertz CT molecular complexity index is 1090. The highest BCUT2D eigenvalue weighted by atomic mass is 16.6. The number of carbonyl (C=O) groups excluding carboxylic acids is 3. The van der Waals surface area contributed by atoms with E-state index >= 15 is 0 Å². The van der Waals surface area contributed by atoms with E-state index in [1.54, 1.807) is 0 Å². The molecule has 0 aliphatic carbocycles. The van der Waals surface area contributed by atoms with Gasteiger partial charge in [-0.15, -0.1) is 0 Å². The summed E-state index contributed by atoms with van der Waals surface area (Å²) < 4.78 is 16.8. The molecule has 0 fully saturated rings. The van der Waals surface area contributed by atoms with Crippen LogP contribution in [0.2, 0.25) is 0 Å². The van der Waals surface area contributed by atoms with Gasteiger partial charge in [0.2, 0.25) is 0 Å². The number of carbonyl (C=O) groups is 3. The van der Waals surface area contributed by atoms with Gasteiger partial charge in [-0.2, -0.15) is 0 Å². The van der Waals surface area contributed by atoms with Gasteiger partial charge in [0, 0.05) is 19.3 Å². The van der Waals surface area contributed by atoms with Gasteiger partial charge in [-0.3, -0.25) is 14.4 Å². The summed E-state index contributed by atoms with van der Waals surface area (Å²) in [5.74, 6) is -0.844. The van der Waals surface area contributed by atoms with Crippen LogP contribution in [-0.2, 0) is 28.6 Å². The average molecular weight is 988 g/mol. The normalized spacial score (nSPS) is 12.0. The molecule has 1 unspecified atom stereocenters. The third-order valence-corrected chi connectivity index (χ3v) is 14.5. The third kappa shape index (κ3) is 57.1. The van der Waals surface area contributed by atoms with Crippen LogP contribution in [0.25, 0.3) is 0 Å². The highest BCUT2D eigenvalue weighted by molar-refractivity contribution is 5.71. The van der Waals surface area contributed by atoms with E-state index in [0.717, 1.165) is 57.8 Å². The Morgan fingerprint density at radius 3 is 0.714 bits per heavy atom. The summed E-state index contributed by atoms with van der Waals surface area (Å²) in [6.45, 7) is 6.66. The lowest BCUT2D eigenvalue weighted by Gasteiger charge is -2.18. The van der Waals surface area contributed by atoms with Crippen LogP contribution in [0.1, 0.15) is 361 Å². The fourth-order valence-corrected chi connectivity index (χ4v) is 9.74. The molecule has 0 saturated heterocycles. The van der Waals surface area contributed by atoms with Crippen LogP contribution in [0.15, 0.2) is 12.2 Å². The smallest absolute Gasteiger partial charge is 0.306 e. The summed E-state index contributed by atoms with van der Waals surface area (Å²) in [7, 11) is 0. The van der Waals surface area contributed by atoms with Gasteiger partial charge in [-0.1, -0.05) is 309 Å². The molecule has 0 aromatic rings. The molecule has 0 aliphatic rings. The number of unbranched alkanes of at least 4 members (excludes halogenated alkanes) is 46. The van der Waals surface area contributed by atoms with Gasteiger partial charge in [0.1, 0.15) is 13.2 Å². The van der Waals surface area contributed by atoms with E-state index in [9.17, 15) is 14.4 Å². The summed E-state index contributed by atoms with van der Waals surface area (Å²) in [6.07, 6.45) is 69.7. The molecule has 1 atom stereocenters. The van der Waals surface area contributed by atoms with E-state index in [1.165, 1.54) is 263 Å². The number of hydrogen-bond acceptors (Lipinski definition) is 6. The SMILES string of the molecule is CCCCCCCCCC/C=C\CCCCCCCCCCCCCCCCCC(=O)OCC(COC(=O)CCCCCCCCC)OC(=O)CCCCCCCCCCCCCCCCCCCC. The summed E-state index contributed by atoms with van der Waals surface area (Å²) in [5.41, 5.74) is 0. The highest BCUT2D eigenvalue weighted by Crippen LogP contribution is 2.18. The van der Waals surface area contributed by atoms with E-state index < -0.39 is 6.10 Å². The molecule has 414 valence electrons. The number of esters is 3. The molecular formula is C64H122O6. The van der Waals surface area contributed by atoms with Crippen molar-refractivity contribution in [3.8, 4) is 0 Å². The number of hydrogen-bond donors (Lipinski definition) is 0. The fourth-order valence-electron chi connectivity index (χ4n) is 9.74. The Balaban J connectivity index is 4.04. The molecule has 6 heteroatoms.